The topological polar surface area (TPSA) is 117 Å². The van der Waals surface area contributed by atoms with Crippen LogP contribution < -0.4 is 20.4 Å². The van der Waals surface area contributed by atoms with Crippen molar-refractivity contribution in [3.05, 3.63) is 35.9 Å². The van der Waals surface area contributed by atoms with Crippen molar-refractivity contribution < 1.29 is 24.0 Å². The summed E-state index contributed by atoms with van der Waals surface area (Å²) >= 11 is 0. The Balaban J connectivity index is 1.92. The number of nitrogens with zero attached hydrogens (tertiary/aromatic N) is 2. The molecule has 0 bridgehead atoms. The Morgan fingerprint density at radius 3 is 2.65 bits per heavy atom. The largest absolute Gasteiger partial charge is 0.496 e. The fourth-order valence-electron chi connectivity index (χ4n) is 3.63. The van der Waals surface area contributed by atoms with Gasteiger partial charge in [-0.2, -0.15) is 0 Å². The van der Waals surface area contributed by atoms with E-state index < -0.39 is 6.03 Å². The number of methoxy groups -OCH3 is 1. The number of imide groups is 1. The lowest BCUT2D eigenvalue weighted by Gasteiger charge is -2.30. The number of anilines is 2. The zero-order chi connectivity index (χ0) is 22.3. The van der Waals surface area contributed by atoms with E-state index in [4.69, 9.17) is 14.4 Å². The van der Waals surface area contributed by atoms with E-state index in [2.05, 4.69) is 15.8 Å². The van der Waals surface area contributed by atoms with E-state index in [0.717, 1.165) is 5.56 Å². The van der Waals surface area contributed by atoms with Gasteiger partial charge < -0.3 is 9.15 Å². The summed E-state index contributed by atoms with van der Waals surface area (Å²) in [5.41, 5.74) is 5.42. The predicted octanol–water partition coefficient (Wildman–Crippen LogP) is 4.05. The lowest BCUT2D eigenvalue weighted by atomic mass is 9.84. The molecule has 0 unspecified atom stereocenters. The van der Waals surface area contributed by atoms with E-state index >= 15 is 0 Å². The van der Waals surface area contributed by atoms with Crippen molar-refractivity contribution in [2.45, 2.75) is 32.6 Å². The molecule has 9 nitrogen and oxygen atoms in total. The molecule has 2 heterocycles. The first kappa shape index (κ1) is 20.7. The number of aromatic nitrogens is 1. The average molecular weight is 424 g/mol. The minimum Gasteiger partial charge on any atom is -0.496 e. The zero-order valence-corrected chi connectivity index (χ0v) is 17.8. The molecule has 1 aliphatic heterocycles. The van der Waals surface area contributed by atoms with Gasteiger partial charge in [-0.25, -0.2) is 9.78 Å². The number of hydrogen-bond acceptors (Lipinski definition) is 7. The van der Waals surface area contributed by atoms with Crippen molar-refractivity contribution >= 4 is 34.4 Å². The highest BCUT2D eigenvalue weighted by Gasteiger charge is 2.30. The molecule has 31 heavy (non-hydrogen) atoms. The van der Waals surface area contributed by atoms with Gasteiger partial charge in [0.25, 0.3) is 0 Å². The lowest BCUT2D eigenvalue weighted by molar-refractivity contribution is -0.120. The maximum Gasteiger partial charge on any atom is 0.328 e. The zero-order valence-electron chi connectivity index (χ0n) is 17.8. The molecule has 0 aliphatic carbocycles. The number of nitrogens with one attached hydrogen (secondary N) is 2. The van der Waals surface area contributed by atoms with Gasteiger partial charge in [0, 0.05) is 30.3 Å². The normalized spacial score (nSPS) is 14.7. The van der Waals surface area contributed by atoms with Gasteiger partial charge in [0.15, 0.2) is 5.58 Å². The molecule has 1 fully saturated rings. The molecule has 9 heteroatoms. The Morgan fingerprint density at radius 2 is 2.00 bits per heavy atom. The molecule has 0 atom stereocenters. The van der Waals surface area contributed by atoms with Crippen LogP contribution in [0.2, 0.25) is 0 Å². The summed E-state index contributed by atoms with van der Waals surface area (Å²) in [7, 11) is 1.58. The van der Waals surface area contributed by atoms with Crippen LogP contribution in [-0.4, -0.2) is 35.8 Å². The number of rotatable bonds is 4. The summed E-state index contributed by atoms with van der Waals surface area (Å²) in [4.78, 5) is 30.2. The van der Waals surface area contributed by atoms with Crippen molar-refractivity contribution in [3.8, 4) is 17.2 Å². The van der Waals surface area contributed by atoms with Crippen LogP contribution in [0, 0.1) is 0 Å². The van der Waals surface area contributed by atoms with Crippen LogP contribution in [-0.2, 0) is 10.2 Å². The van der Waals surface area contributed by atoms with Gasteiger partial charge in [0.1, 0.15) is 11.3 Å². The highest BCUT2D eigenvalue weighted by molar-refractivity contribution is 6.06. The Morgan fingerprint density at radius 1 is 1.23 bits per heavy atom. The van der Waals surface area contributed by atoms with Gasteiger partial charge >= 0.3 is 6.03 Å². The third kappa shape index (κ3) is 3.79. The van der Waals surface area contributed by atoms with E-state index in [1.165, 1.54) is 4.90 Å². The SMILES string of the molecule is COc1c(-c2nc3ccc(NO)cc3o2)cc(N2CCC(=O)NC2=O)cc1C(C)(C)C. The molecule has 0 spiro atoms. The Bertz CT molecular complexity index is 1180. The fourth-order valence-corrected chi connectivity index (χ4v) is 3.63. The maximum absolute atomic E-state index is 12.5. The quantitative estimate of drug-likeness (QED) is 0.541. The molecule has 4 rings (SSSR count). The molecular weight excluding hydrogens is 400 g/mol. The minimum absolute atomic E-state index is 0.220. The van der Waals surface area contributed by atoms with Crippen molar-refractivity contribution in [2.24, 2.45) is 0 Å². The maximum atomic E-state index is 12.5. The van der Waals surface area contributed by atoms with E-state index in [1.54, 1.807) is 31.4 Å². The monoisotopic (exact) mass is 424 g/mol. The van der Waals surface area contributed by atoms with Crippen LogP contribution >= 0.6 is 0 Å². The summed E-state index contributed by atoms with van der Waals surface area (Å²) < 4.78 is 11.7. The number of urea groups is 1. The van der Waals surface area contributed by atoms with Crippen LogP contribution in [0.15, 0.2) is 34.7 Å². The Labute approximate surface area is 179 Å². The van der Waals surface area contributed by atoms with Gasteiger partial charge in [0.05, 0.1) is 18.4 Å². The van der Waals surface area contributed by atoms with Crippen molar-refractivity contribution in [1.29, 1.82) is 0 Å². The van der Waals surface area contributed by atoms with Crippen molar-refractivity contribution in [1.82, 2.24) is 10.3 Å². The highest BCUT2D eigenvalue weighted by Crippen LogP contribution is 2.43. The van der Waals surface area contributed by atoms with E-state index in [1.807, 2.05) is 26.8 Å². The summed E-state index contributed by atoms with van der Waals surface area (Å²) in [5.74, 6) is 0.623. The number of oxazole rings is 1. The number of amides is 3. The van der Waals surface area contributed by atoms with Gasteiger partial charge in [-0.05, 0) is 29.7 Å². The fraction of sp³-hybridized carbons (Fsp3) is 0.318. The van der Waals surface area contributed by atoms with Crippen molar-refractivity contribution in [2.75, 3.05) is 24.0 Å². The smallest absolute Gasteiger partial charge is 0.328 e. The number of ether oxygens (including phenoxy) is 1. The second kappa shape index (κ2) is 7.59. The molecule has 3 N–H and O–H groups in total. The number of carbonyl (C=O) groups excluding carboxylic acids is 2. The van der Waals surface area contributed by atoms with E-state index in [9.17, 15) is 9.59 Å². The third-order valence-electron chi connectivity index (χ3n) is 5.20. The first-order chi connectivity index (χ1) is 14.7. The average Bonchev–Trinajstić information content (AvgIpc) is 3.15. The van der Waals surface area contributed by atoms with Crippen LogP contribution in [0.1, 0.15) is 32.8 Å². The van der Waals surface area contributed by atoms with Gasteiger partial charge in [-0.3, -0.25) is 25.7 Å². The van der Waals surface area contributed by atoms with Crippen LogP contribution in [0.5, 0.6) is 5.75 Å². The second-order valence-corrected chi connectivity index (χ2v) is 8.39. The molecule has 0 radical (unpaired) electrons. The molecule has 0 saturated carbocycles. The number of fused-ring (bicyclic) bond motifs is 1. The molecular formula is C22H24N4O5. The lowest BCUT2D eigenvalue weighted by Crippen LogP contribution is -2.49. The summed E-state index contributed by atoms with van der Waals surface area (Å²) in [6.45, 7) is 6.41. The minimum atomic E-state index is -0.469. The van der Waals surface area contributed by atoms with Gasteiger partial charge in [-0.15, -0.1) is 0 Å². The molecule has 3 aromatic rings. The second-order valence-electron chi connectivity index (χ2n) is 8.39. The first-order valence-electron chi connectivity index (χ1n) is 9.86. The summed E-state index contributed by atoms with van der Waals surface area (Å²) in [6, 6.07) is 8.25. The highest BCUT2D eigenvalue weighted by atomic mass is 16.5. The molecule has 162 valence electrons. The molecule has 2 aromatic carbocycles. The van der Waals surface area contributed by atoms with Crippen LogP contribution in [0.25, 0.3) is 22.6 Å². The molecule has 1 saturated heterocycles. The molecule has 3 amide bonds. The predicted molar refractivity (Wildman–Crippen MR) is 116 cm³/mol. The molecule has 1 aliphatic rings. The number of benzene rings is 2. The van der Waals surface area contributed by atoms with Gasteiger partial charge in [0.2, 0.25) is 11.8 Å². The summed E-state index contributed by atoms with van der Waals surface area (Å²) in [6.07, 6.45) is 0.220. The molecule has 1 aromatic heterocycles. The first-order valence-corrected chi connectivity index (χ1v) is 9.86. The number of carbonyl (C=O) groups is 2. The Kier molecular flexibility index (Phi) is 5.06. The van der Waals surface area contributed by atoms with Crippen LogP contribution in [0.3, 0.4) is 0 Å². The summed E-state index contributed by atoms with van der Waals surface area (Å²) in [5, 5.41) is 11.5. The van der Waals surface area contributed by atoms with Gasteiger partial charge in [-0.1, -0.05) is 20.8 Å². The van der Waals surface area contributed by atoms with Crippen molar-refractivity contribution in [3.63, 3.8) is 0 Å². The number of hydrogen-bond donors (Lipinski definition) is 3. The third-order valence-corrected chi connectivity index (χ3v) is 5.20. The van der Waals surface area contributed by atoms with E-state index in [-0.39, 0.29) is 24.3 Å². The Hall–Kier alpha value is -3.59. The van der Waals surface area contributed by atoms with E-state index in [0.29, 0.717) is 39.7 Å². The standard InChI is InChI=1S/C22H24N4O5/c1-22(2,3)15-11-13(26-8-7-18(27)24-21(26)28)10-14(19(15)30-4)20-23-16-6-5-12(25-29)9-17(16)31-20/h5-6,9-11,25,29H,7-8H2,1-4H3,(H,24,27,28). The van der Waals surface area contributed by atoms with Crippen LogP contribution in [0.4, 0.5) is 16.2 Å².